The maximum absolute atomic E-state index is 13.7. The molecule has 0 aliphatic carbocycles. The average Bonchev–Trinajstić information content (AvgIpc) is 2.34. The number of nitrogens with zero attached hydrogens (tertiary/aromatic N) is 1. The Labute approximate surface area is 105 Å². The molecule has 0 amide bonds. The first-order chi connectivity index (χ1) is 8.58. The van der Waals surface area contributed by atoms with Crippen LogP contribution in [0.2, 0.25) is 0 Å². The lowest BCUT2D eigenvalue weighted by Gasteiger charge is -2.30. The highest BCUT2D eigenvalue weighted by Gasteiger charge is 2.20. The number of aromatic carboxylic acids is 1. The minimum Gasteiger partial charge on any atom is -0.478 e. The average molecular weight is 252 g/mol. The summed E-state index contributed by atoms with van der Waals surface area (Å²) in [5.41, 5.74) is 0.105. The van der Waals surface area contributed by atoms with Gasteiger partial charge in [0.1, 0.15) is 5.82 Å². The van der Waals surface area contributed by atoms with Crippen LogP contribution in [0.25, 0.3) is 0 Å². The molecule has 4 nitrogen and oxygen atoms in total. The zero-order chi connectivity index (χ0) is 13.1. The number of hydrogen-bond acceptors (Lipinski definition) is 3. The molecular weight excluding hydrogens is 235 g/mol. The van der Waals surface area contributed by atoms with Crippen molar-refractivity contribution in [2.45, 2.75) is 18.9 Å². The standard InChI is InChI=1S/C13H17FN2O2/c1-16-7-5-9(6-8-16)15-12-10(13(17)18)3-2-4-11(12)14/h2-4,9,15H,5-8H2,1H3,(H,17,18). The fourth-order valence-corrected chi connectivity index (χ4v) is 2.21. The van der Waals surface area contributed by atoms with Gasteiger partial charge < -0.3 is 15.3 Å². The van der Waals surface area contributed by atoms with E-state index in [0.29, 0.717) is 0 Å². The normalized spacial score (nSPS) is 17.7. The Morgan fingerprint density at radius 2 is 2.11 bits per heavy atom. The van der Waals surface area contributed by atoms with Crippen LogP contribution in [0.3, 0.4) is 0 Å². The van der Waals surface area contributed by atoms with Crippen molar-refractivity contribution in [1.82, 2.24) is 4.90 Å². The third-order valence-electron chi connectivity index (χ3n) is 3.31. The Hall–Kier alpha value is -1.62. The van der Waals surface area contributed by atoms with Crippen LogP contribution in [0.1, 0.15) is 23.2 Å². The van der Waals surface area contributed by atoms with E-state index in [2.05, 4.69) is 10.2 Å². The predicted molar refractivity (Wildman–Crippen MR) is 67.5 cm³/mol. The lowest BCUT2D eigenvalue weighted by Crippen LogP contribution is -2.37. The minimum atomic E-state index is -1.11. The summed E-state index contributed by atoms with van der Waals surface area (Å²) in [6.45, 7) is 1.88. The van der Waals surface area contributed by atoms with Crippen molar-refractivity contribution in [2.75, 3.05) is 25.5 Å². The lowest BCUT2D eigenvalue weighted by molar-refractivity contribution is 0.0697. The molecule has 5 heteroatoms. The lowest BCUT2D eigenvalue weighted by atomic mass is 10.0. The van der Waals surface area contributed by atoms with Gasteiger partial charge in [-0.3, -0.25) is 0 Å². The number of halogens is 1. The SMILES string of the molecule is CN1CCC(Nc2c(F)cccc2C(=O)O)CC1. The van der Waals surface area contributed by atoms with Gasteiger partial charge in [0, 0.05) is 6.04 Å². The summed E-state index contributed by atoms with van der Waals surface area (Å²) in [4.78, 5) is 13.3. The van der Waals surface area contributed by atoms with E-state index < -0.39 is 11.8 Å². The van der Waals surface area contributed by atoms with Gasteiger partial charge in [-0.05, 0) is 45.1 Å². The van der Waals surface area contributed by atoms with Gasteiger partial charge in [0.05, 0.1) is 11.3 Å². The summed E-state index contributed by atoms with van der Waals surface area (Å²) in [7, 11) is 2.04. The molecule has 0 radical (unpaired) electrons. The molecule has 1 heterocycles. The van der Waals surface area contributed by atoms with Gasteiger partial charge in [-0.1, -0.05) is 6.07 Å². The number of hydrogen-bond donors (Lipinski definition) is 2. The third kappa shape index (κ3) is 2.79. The Morgan fingerprint density at radius 3 is 2.72 bits per heavy atom. The number of carbonyl (C=O) groups is 1. The fraction of sp³-hybridized carbons (Fsp3) is 0.462. The van der Waals surface area contributed by atoms with Crippen LogP contribution in [0, 0.1) is 5.82 Å². The minimum absolute atomic E-state index is 0.00562. The van der Waals surface area contributed by atoms with Gasteiger partial charge in [0.15, 0.2) is 0 Å². The van der Waals surface area contributed by atoms with Crippen LogP contribution >= 0.6 is 0 Å². The summed E-state index contributed by atoms with van der Waals surface area (Å²) in [5, 5.41) is 12.1. The molecule has 98 valence electrons. The third-order valence-corrected chi connectivity index (χ3v) is 3.31. The number of nitrogens with one attached hydrogen (secondary N) is 1. The van der Waals surface area contributed by atoms with Gasteiger partial charge in [-0.25, -0.2) is 9.18 Å². The number of carboxylic acid groups (broad SMARTS) is 1. The summed E-state index contributed by atoms with van der Waals surface area (Å²) >= 11 is 0. The number of carboxylic acids is 1. The summed E-state index contributed by atoms with van der Waals surface area (Å²) in [5.74, 6) is -1.61. The van der Waals surface area contributed by atoms with E-state index in [4.69, 9.17) is 5.11 Å². The Morgan fingerprint density at radius 1 is 1.44 bits per heavy atom. The Balaban J connectivity index is 2.15. The van der Waals surface area contributed by atoms with Crippen molar-refractivity contribution in [3.8, 4) is 0 Å². The molecule has 1 fully saturated rings. The van der Waals surface area contributed by atoms with E-state index in [1.807, 2.05) is 7.05 Å². The molecule has 0 saturated carbocycles. The largest absolute Gasteiger partial charge is 0.478 e. The summed E-state index contributed by atoms with van der Waals surface area (Å²) in [6, 6.07) is 4.25. The van der Waals surface area contributed by atoms with Crippen LogP contribution in [-0.4, -0.2) is 42.2 Å². The van der Waals surface area contributed by atoms with Gasteiger partial charge in [0.25, 0.3) is 0 Å². The van der Waals surface area contributed by atoms with E-state index >= 15 is 0 Å². The van der Waals surface area contributed by atoms with Crippen LogP contribution in [0.15, 0.2) is 18.2 Å². The smallest absolute Gasteiger partial charge is 0.337 e. The molecule has 0 aromatic heterocycles. The summed E-state index contributed by atoms with van der Waals surface area (Å²) < 4.78 is 13.7. The molecular formula is C13H17FN2O2. The van der Waals surface area contributed by atoms with Crippen LogP contribution in [0.5, 0.6) is 0 Å². The number of benzene rings is 1. The van der Waals surface area contributed by atoms with Gasteiger partial charge in [0.2, 0.25) is 0 Å². The molecule has 1 aromatic carbocycles. The van der Waals surface area contributed by atoms with Crippen LogP contribution in [-0.2, 0) is 0 Å². The maximum atomic E-state index is 13.7. The van der Waals surface area contributed by atoms with Gasteiger partial charge >= 0.3 is 5.97 Å². The molecule has 0 spiro atoms. The van der Waals surface area contributed by atoms with Crippen molar-refractivity contribution in [3.63, 3.8) is 0 Å². The Bertz CT molecular complexity index is 443. The molecule has 0 bridgehead atoms. The predicted octanol–water partition coefficient (Wildman–Crippen LogP) is 2.03. The molecule has 18 heavy (non-hydrogen) atoms. The van der Waals surface area contributed by atoms with E-state index in [-0.39, 0.29) is 17.3 Å². The molecule has 2 rings (SSSR count). The number of anilines is 1. The molecule has 1 aliphatic rings. The maximum Gasteiger partial charge on any atom is 0.337 e. The van der Waals surface area contributed by atoms with Crippen LogP contribution < -0.4 is 5.32 Å². The second-order valence-corrected chi connectivity index (χ2v) is 4.69. The van der Waals surface area contributed by atoms with Crippen molar-refractivity contribution in [3.05, 3.63) is 29.6 Å². The number of piperidine rings is 1. The highest BCUT2D eigenvalue weighted by atomic mass is 19.1. The fourth-order valence-electron chi connectivity index (χ4n) is 2.21. The number of rotatable bonds is 3. The monoisotopic (exact) mass is 252 g/mol. The Kier molecular flexibility index (Phi) is 3.81. The molecule has 1 aliphatic heterocycles. The van der Waals surface area contributed by atoms with E-state index in [1.165, 1.54) is 18.2 Å². The van der Waals surface area contributed by atoms with Gasteiger partial charge in [-0.15, -0.1) is 0 Å². The molecule has 1 saturated heterocycles. The topological polar surface area (TPSA) is 52.6 Å². The number of likely N-dealkylation sites (tertiary alicyclic amines) is 1. The number of para-hydroxylation sites is 1. The zero-order valence-electron chi connectivity index (χ0n) is 10.3. The molecule has 0 atom stereocenters. The van der Waals surface area contributed by atoms with Crippen molar-refractivity contribution >= 4 is 11.7 Å². The molecule has 0 unspecified atom stereocenters. The van der Waals surface area contributed by atoms with Crippen molar-refractivity contribution in [1.29, 1.82) is 0 Å². The second-order valence-electron chi connectivity index (χ2n) is 4.69. The first-order valence-electron chi connectivity index (χ1n) is 6.05. The van der Waals surface area contributed by atoms with E-state index in [9.17, 15) is 9.18 Å². The molecule has 2 N–H and O–H groups in total. The quantitative estimate of drug-likeness (QED) is 0.864. The van der Waals surface area contributed by atoms with Crippen molar-refractivity contribution < 1.29 is 14.3 Å². The van der Waals surface area contributed by atoms with E-state index in [0.717, 1.165) is 25.9 Å². The summed E-state index contributed by atoms with van der Waals surface area (Å²) in [6.07, 6.45) is 1.79. The highest BCUT2D eigenvalue weighted by molar-refractivity contribution is 5.94. The molecule has 1 aromatic rings. The van der Waals surface area contributed by atoms with E-state index in [1.54, 1.807) is 0 Å². The van der Waals surface area contributed by atoms with Crippen LogP contribution in [0.4, 0.5) is 10.1 Å². The zero-order valence-corrected chi connectivity index (χ0v) is 10.3. The first kappa shape index (κ1) is 12.8. The van der Waals surface area contributed by atoms with Crippen molar-refractivity contribution in [2.24, 2.45) is 0 Å². The first-order valence-corrected chi connectivity index (χ1v) is 6.05. The van der Waals surface area contributed by atoms with Gasteiger partial charge in [-0.2, -0.15) is 0 Å². The second kappa shape index (κ2) is 5.35. The highest BCUT2D eigenvalue weighted by Crippen LogP contribution is 2.23.